The molecule has 1 unspecified atom stereocenters. The first kappa shape index (κ1) is 27.5. The van der Waals surface area contributed by atoms with Crippen LogP contribution < -0.4 is 21.1 Å². The first-order valence-corrected chi connectivity index (χ1v) is 14.1. The van der Waals surface area contributed by atoms with Gasteiger partial charge in [-0.1, -0.05) is 96.5 Å². The molecule has 4 aromatic rings. The number of hydrogen-bond acceptors (Lipinski definition) is 5. The number of hydrogen-bond donors (Lipinski definition) is 3. The fourth-order valence-corrected chi connectivity index (χ4v) is 5.75. The van der Waals surface area contributed by atoms with Crippen LogP contribution in [0.2, 0.25) is 5.02 Å². The number of carbonyl (C=O) groups excluding carboxylic acids is 3. The summed E-state index contributed by atoms with van der Waals surface area (Å²) in [6.45, 7) is 0.319. The Balaban J connectivity index is 1.13. The number of amides is 3. The molecule has 4 aromatic carbocycles. The molecular weight excluding hydrogens is 552 g/mol. The summed E-state index contributed by atoms with van der Waals surface area (Å²) in [5.41, 5.74) is 8.88. The molecule has 6 rings (SSSR count). The molecule has 3 N–H and O–H groups in total. The molecular formula is C33H29ClN4O4. The summed E-state index contributed by atoms with van der Waals surface area (Å²) in [7, 11) is 0. The van der Waals surface area contributed by atoms with E-state index in [1.54, 1.807) is 24.3 Å². The number of alkyl carbamates (subject to hydrolysis) is 1. The predicted molar refractivity (Wildman–Crippen MR) is 161 cm³/mol. The lowest BCUT2D eigenvalue weighted by atomic mass is 9.98. The molecule has 9 heteroatoms. The summed E-state index contributed by atoms with van der Waals surface area (Å²) in [6.07, 6.45) is -0.479. The van der Waals surface area contributed by atoms with E-state index in [1.165, 1.54) is 5.01 Å². The highest BCUT2D eigenvalue weighted by Gasteiger charge is 2.36. The van der Waals surface area contributed by atoms with Crippen molar-refractivity contribution in [3.05, 3.63) is 125 Å². The van der Waals surface area contributed by atoms with E-state index >= 15 is 0 Å². The van der Waals surface area contributed by atoms with Gasteiger partial charge < -0.3 is 15.4 Å². The number of nitrogens with zero attached hydrogens (tertiary/aromatic N) is 1. The maximum absolute atomic E-state index is 13.5. The minimum absolute atomic E-state index is 0.107. The molecule has 212 valence electrons. The highest BCUT2D eigenvalue weighted by atomic mass is 35.5. The Morgan fingerprint density at radius 2 is 1.57 bits per heavy atom. The standard InChI is InChI=1S/C33H29ClN4O4/c34-22-11-8-12-23(18-22)38-32(40)30(19-35-38)36-31(39)29(17-21-9-2-1-3-10-21)37-33(41)42-20-28-26-15-6-4-13-24(26)25-14-5-7-16-27(25)28/h1-16,18,28-30,35H,17,19-20H2,(H,36,39)(H,37,41)/t29-,30?/m0/s1. The summed E-state index contributed by atoms with van der Waals surface area (Å²) in [5.74, 6) is -0.921. The van der Waals surface area contributed by atoms with E-state index in [0.29, 0.717) is 10.7 Å². The Morgan fingerprint density at radius 1 is 0.905 bits per heavy atom. The monoisotopic (exact) mass is 580 g/mol. The lowest BCUT2D eigenvalue weighted by Crippen LogP contribution is -2.53. The minimum Gasteiger partial charge on any atom is -0.449 e. The molecule has 2 atom stereocenters. The molecule has 0 aromatic heterocycles. The zero-order valence-corrected chi connectivity index (χ0v) is 23.4. The van der Waals surface area contributed by atoms with Crippen molar-refractivity contribution in [3.63, 3.8) is 0 Å². The second-order valence-corrected chi connectivity index (χ2v) is 10.7. The van der Waals surface area contributed by atoms with Crippen LogP contribution in [0.15, 0.2) is 103 Å². The summed E-state index contributed by atoms with van der Waals surface area (Å²) < 4.78 is 5.71. The second-order valence-electron chi connectivity index (χ2n) is 10.3. The topological polar surface area (TPSA) is 99.8 Å². The van der Waals surface area contributed by atoms with Gasteiger partial charge in [-0.3, -0.25) is 9.59 Å². The Hall–Kier alpha value is -4.66. The van der Waals surface area contributed by atoms with Crippen molar-refractivity contribution in [1.29, 1.82) is 0 Å². The third-order valence-electron chi connectivity index (χ3n) is 7.59. The van der Waals surface area contributed by atoms with Gasteiger partial charge in [0, 0.05) is 23.9 Å². The van der Waals surface area contributed by atoms with Crippen LogP contribution in [0.4, 0.5) is 10.5 Å². The Morgan fingerprint density at radius 3 is 2.26 bits per heavy atom. The van der Waals surface area contributed by atoms with Gasteiger partial charge in [0.1, 0.15) is 18.7 Å². The number of fused-ring (bicyclic) bond motifs is 3. The van der Waals surface area contributed by atoms with Crippen molar-refractivity contribution < 1.29 is 19.1 Å². The molecule has 42 heavy (non-hydrogen) atoms. The van der Waals surface area contributed by atoms with Gasteiger partial charge in [-0.25, -0.2) is 15.2 Å². The normalized spacial score (nSPS) is 16.5. The van der Waals surface area contributed by atoms with E-state index in [0.717, 1.165) is 27.8 Å². The second kappa shape index (κ2) is 12.1. The Kier molecular flexibility index (Phi) is 7.90. The maximum Gasteiger partial charge on any atom is 0.407 e. The maximum atomic E-state index is 13.5. The average Bonchev–Trinajstić information content (AvgIpc) is 3.53. The number of ether oxygens (including phenoxy) is 1. The van der Waals surface area contributed by atoms with Crippen molar-refractivity contribution in [2.45, 2.75) is 24.4 Å². The van der Waals surface area contributed by atoms with E-state index in [4.69, 9.17) is 16.3 Å². The summed E-state index contributed by atoms with van der Waals surface area (Å²) >= 11 is 6.09. The number of anilines is 1. The number of carbonyl (C=O) groups is 3. The van der Waals surface area contributed by atoms with E-state index < -0.39 is 24.1 Å². The molecule has 0 saturated carbocycles. The van der Waals surface area contributed by atoms with Gasteiger partial charge in [-0.2, -0.15) is 0 Å². The quantitative estimate of drug-likeness (QED) is 0.277. The third kappa shape index (κ3) is 5.72. The zero-order valence-electron chi connectivity index (χ0n) is 22.6. The van der Waals surface area contributed by atoms with Crippen LogP contribution in [0.1, 0.15) is 22.6 Å². The van der Waals surface area contributed by atoms with E-state index in [1.807, 2.05) is 66.7 Å². The predicted octanol–water partition coefficient (Wildman–Crippen LogP) is 4.83. The van der Waals surface area contributed by atoms with Crippen molar-refractivity contribution in [1.82, 2.24) is 16.1 Å². The third-order valence-corrected chi connectivity index (χ3v) is 7.82. The van der Waals surface area contributed by atoms with Gasteiger partial charge in [-0.15, -0.1) is 0 Å². The van der Waals surface area contributed by atoms with Gasteiger partial charge in [0.25, 0.3) is 5.91 Å². The van der Waals surface area contributed by atoms with Crippen LogP contribution in [-0.2, 0) is 20.7 Å². The molecule has 1 fully saturated rings. The van der Waals surface area contributed by atoms with Gasteiger partial charge in [0.2, 0.25) is 5.91 Å². The SMILES string of the molecule is O=C(N[C@@H](Cc1ccccc1)C(=O)NC1CNN(c2cccc(Cl)c2)C1=O)OCC1c2ccccc2-c2ccccc21. The molecule has 3 amide bonds. The van der Waals surface area contributed by atoms with Crippen molar-refractivity contribution in [2.24, 2.45) is 0 Å². The van der Waals surface area contributed by atoms with Gasteiger partial charge in [0.05, 0.1) is 5.69 Å². The smallest absolute Gasteiger partial charge is 0.407 e. The molecule has 1 aliphatic carbocycles. The van der Waals surface area contributed by atoms with Gasteiger partial charge >= 0.3 is 6.09 Å². The molecule has 0 radical (unpaired) electrons. The van der Waals surface area contributed by atoms with Crippen LogP contribution in [0, 0.1) is 0 Å². The lowest BCUT2D eigenvalue weighted by molar-refractivity contribution is -0.127. The highest BCUT2D eigenvalue weighted by molar-refractivity contribution is 6.31. The van der Waals surface area contributed by atoms with E-state index in [-0.39, 0.29) is 31.4 Å². The highest BCUT2D eigenvalue weighted by Crippen LogP contribution is 2.44. The summed E-state index contributed by atoms with van der Waals surface area (Å²) in [5, 5.41) is 7.39. The number of benzene rings is 4. The number of rotatable bonds is 8. The summed E-state index contributed by atoms with van der Waals surface area (Å²) in [6, 6.07) is 30.6. The molecule has 2 aliphatic rings. The van der Waals surface area contributed by atoms with Crippen molar-refractivity contribution >= 4 is 35.2 Å². The largest absolute Gasteiger partial charge is 0.449 e. The van der Waals surface area contributed by atoms with Crippen LogP contribution in [0.25, 0.3) is 11.1 Å². The molecule has 0 bridgehead atoms. The van der Waals surface area contributed by atoms with Gasteiger partial charge in [0.15, 0.2) is 0 Å². The van der Waals surface area contributed by atoms with Crippen LogP contribution in [0.5, 0.6) is 0 Å². The zero-order chi connectivity index (χ0) is 29.1. The fraction of sp³-hybridized carbons (Fsp3) is 0.182. The first-order chi connectivity index (χ1) is 20.5. The average molecular weight is 581 g/mol. The summed E-state index contributed by atoms with van der Waals surface area (Å²) in [4.78, 5) is 39.7. The fourth-order valence-electron chi connectivity index (χ4n) is 5.56. The van der Waals surface area contributed by atoms with E-state index in [9.17, 15) is 14.4 Å². The Bertz CT molecular complexity index is 1580. The van der Waals surface area contributed by atoms with Crippen LogP contribution in [-0.4, -0.2) is 43.1 Å². The van der Waals surface area contributed by atoms with Crippen molar-refractivity contribution in [2.75, 3.05) is 18.2 Å². The molecule has 1 aliphatic heterocycles. The molecule has 1 saturated heterocycles. The molecule has 8 nitrogen and oxygen atoms in total. The van der Waals surface area contributed by atoms with Crippen molar-refractivity contribution in [3.8, 4) is 11.1 Å². The molecule has 1 heterocycles. The lowest BCUT2D eigenvalue weighted by Gasteiger charge is -2.21. The van der Waals surface area contributed by atoms with Gasteiger partial charge in [-0.05, 0) is 46.0 Å². The number of nitrogens with one attached hydrogen (secondary N) is 3. The number of hydrazine groups is 1. The van der Waals surface area contributed by atoms with Crippen LogP contribution in [0.3, 0.4) is 0 Å². The first-order valence-electron chi connectivity index (χ1n) is 13.8. The number of halogens is 1. The Labute approximate surface area is 248 Å². The molecule has 0 spiro atoms. The van der Waals surface area contributed by atoms with Crippen LogP contribution >= 0.6 is 11.6 Å². The minimum atomic E-state index is -0.962. The van der Waals surface area contributed by atoms with E-state index in [2.05, 4.69) is 28.2 Å².